The first-order valence-electron chi connectivity index (χ1n) is 8.30. The molecule has 0 unspecified atom stereocenters. The van der Waals surface area contributed by atoms with Gasteiger partial charge >= 0.3 is 0 Å². The summed E-state index contributed by atoms with van der Waals surface area (Å²) in [5.74, 6) is 0. The fourth-order valence-electron chi connectivity index (χ4n) is 4.75. The Bertz CT molecular complexity index is 536. The van der Waals surface area contributed by atoms with Gasteiger partial charge < -0.3 is 5.32 Å². The molecule has 0 saturated heterocycles. The Morgan fingerprint density at radius 1 is 1.05 bits per heavy atom. The lowest BCUT2D eigenvalue weighted by Crippen LogP contribution is -2.54. The molecule has 0 aliphatic heterocycles. The molecule has 0 aromatic heterocycles. The van der Waals surface area contributed by atoms with Crippen molar-refractivity contribution in [2.45, 2.75) is 62.8 Å². The molecule has 3 fully saturated rings. The average Bonchev–Trinajstić information content (AvgIpc) is 3.14. The zero-order valence-electron chi connectivity index (χ0n) is 12.4. The molecule has 21 heavy (non-hydrogen) atoms. The zero-order valence-corrected chi connectivity index (χ0v) is 13.9. The second-order valence-corrected chi connectivity index (χ2v) is 8.44. The normalized spacial score (nSPS) is 26.0. The second-order valence-electron chi connectivity index (χ2n) is 7.63. The van der Waals surface area contributed by atoms with E-state index in [2.05, 4.69) is 17.4 Å². The summed E-state index contributed by atoms with van der Waals surface area (Å²) in [6.07, 6.45) is 11.1. The van der Waals surface area contributed by atoms with Crippen molar-refractivity contribution >= 4 is 23.2 Å². The number of hydrogen-bond donors (Lipinski definition) is 1. The van der Waals surface area contributed by atoms with Gasteiger partial charge in [-0.2, -0.15) is 0 Å². The van der Waals surface area contributed by atoms with Gasteiger partial charge in [0.2, 0.25) is 0 Å². The summed E-state index contributed by atoms with van der Waals surface area (Å²) in [4.78, 5) is 0. The van der Waals surface area contributed by atoms with Crippen LogP contribution in [0.3, 0.4) is 0 Å². The summed E-state index contributed by atoms with van der Waals surface area (Å²) in [6, 6.07) is 7.05. The molecule has 1 N–H and O–H groups in total. The summed E-state index contributed by atoms with van der Waals surface area (Å²) in [7, 11) is 0. The van der Waals surface area contributed by atoms with Gasteiger partial charge in [0.15, 0.2) is 0 Å². The first kappa shape index (κ1) is 14.4. The molecule has 0 bridgehead atoms. The summed E-state index contributed by atoms with van der Waals surface area (Å²) in [5.41, 5.74) is 2.32. The highest BCUT2D eigenvalue weighted by Gasteiger charge is 2.55. The van der Waals surface area contributed by atoms with Crippen LogP contribution in [0.25, 0.3) is 0 Å². The van der Waals surface area contributed by atoms with Crippen LogP contribution in [0.2, 0.25) is 10.0 Å². The Labute approximate surface area is 137 Å². The summed E-state index contributed by atoms with van der Waals surface area (Å²) < 4.78 is 0. The minimum Gasteiger partial charge on any atom is -0.313 e. The van der Waals surface area contributed by atoms with E-state index in [0.29, 0.717) is 20.9 Å². The Morgan fingerprint density at radius 3 is 2.38 bits per heavy atom. The highest BCUT2D eigenvalue weighted by molar-refractivity contribution is 6.42. The number of benzene rings is 1. The van der Waals surface area contributed by atoms with Crippen molar-refractivity contribution in [1.29, 1.82) is 0 Å². The molecule has 3 saturated carbocycles. The van der Waals surface area contributed by atoms with E-state index in [1.54, 1.807) is 0 Å². The van der Waals surface area contributed by atoms with E-state index >= 15 is 0 Å². The van der Waals surface area contributed by atoms with E-state index in [-0.39, 0.29) is 0 Å². The third-order valence-corrected chi connectivity index (χ3v) is 6.67. The van der Waals surface area contributed by atoms with Gasteiger partial charge in [0.25, 0.3) is 0 Å². The van der Waals surface area contributed by atoms with Gasteiger partial charge in [0.1, 0.15) is 0 Å². The Morgan fingerprint density at radius 2 is 1.76 bits per heavy atom. The largest absolute Gasteiger partial charge is 0.313 e. The standard InChI is InChI=1S/C18H23Cl2N/c19-15-6-3-13(9-16(15)20)18(12-21-14-4-5-14)10-17(11-18)7-1-2-8-17/h3,6,9,14,21H,1-2,4-5,7-8,10-12H2. The molecule has 0 heterocycles. The lowest BCUT2D eigenvalue weighted by molar-refractivity contribution is 0.0267. The first-order valence-corrected chi connectivity index (χ1v) is 9.06. The Kier molecular flexibility index (Phi) is 3.52. The van der Waals surface area contributed by atoms with Gasteiger partial charge in [-0.15, -0.1) is 0 Å². The Hall–Kier alpha value is -0.240. The van der Waals surface area contributed by atoms with E-state index in [1.165, 1.54) is 56.9 Å². The quantitative estimate of drug-likeness (QED) is 0.788. The van der Waals surface area contributed by atoms with E-state index in [4.69, 9.17) is 23.2 Å². The van der Waals surface area contributed by atoms with Crippen LogP contribution in [0.4, 0.5) is 0 Å². The summed E-state index contributed by atoms with van der Waals surface area (Å²) >= 11 is 12.4. The van der Waals surface area contributed by atoms with Crippen LogP contribution >= 0.6 is 23.2 Å². The minimum absolute atomic E-state index is 0.293. The maximum atomic E-state index is 6.27. The molecule has 0 amide bonds. The van der Waals surface area contributed by atoms with Gasteiger partial charge in [-0.25, -0.2) is 0 Å². The van der Waals surface area contributed by atoms with Gasteiger partial charge in [0.05, 0.1) is 10.0 Å². The van der Waals surface area contributed by atoms with Crippen LogP contribution in [-0.4, -0.2) is 12.6 Å². The van der Waals surface area contributed by atoms with Gasteiger partial charge in [-0.3, -0.25) is 0 Å². The van der Waals surface area contributed by atoms with Crippen LogP contribution in [0, 0.1) is 5.41 Å². The fourth-order valence-corrected chi connectivity index (χ4v) is 5.04. The van der Waals surface area contributed by atoms with Crippen LogP contribution in [0.15, 0.2) is 18.2 Å². The second kappa shape index (κ2) is 5.15. The predicted molar refractivity (Wildman–Crippen MR) is 89.3 cm³/mol. The topological polar surface area (TPSA) is 12.0 Å². The zero-order chi connectivity index (χ0) is 14.5. The molecule has 3 aliphatic carbocycles. The van der Waals surface area contributed by atoms with Gasteiger partial charge in [-0.1, -0.05) is 42.1 Å². The van der Waals surface area contributed by atoms with Crippen molar-refractivity contribution in [2.75, 3.05) is 6.54 Å². The number of nitrogens with one attached hydrogen (secondary N) is 1. The molecule has 0 radical (unpaired) electrons. The molecular formula is C18H23Cl2N. The number of halogens is 2. The maximum absolute atomic E-state index is 6.27. The van der Waals surface area contributed by atoms with Crippen LogP contribution in [0.5, 0.6) is 0 Å². The van der Waals surface area contributed by atoms with Crippen LogP contribution in [0.1, 0.15) is 56.9 Å². The van der Waals surface area contributed by atoms with E-state index < -0.39 is 0 Å². The third kappa shape index (κ3) is 2.62. The molecule has 1 aromatic rings. The lowest BCUT2D eigenvalue weighted by Gasteiger charge is -2.56. The SMILES string of the molecule is Clc1ccc(C2(CNC3CC3)CC3(CCCC3)C2)cc1Cl. The van der Waals surface area contributed by atoms with Crippen molar-refractivity contribution < 1.29 is 0 Å². The van der Waals surface area contributed by atoms with Crippen LogP contribution < -0.4 is 5.32 Å². The molecule has 0 atom stereocenters. The van der Waals surface area contributed by atoms with Gasteiger partial charge in [-0.05, 0) is 61.6 Å². The fraction of sp³-hybridized carbons (Fsp3) is 0.667. The first-order chi connectivity index (χ1) is 10.1. The monoisotopic (exact) mass is 323 g/mol. The van der Waals surface area contributed by atoms with Crippen molar-refractivity contribution in [1.82, 2.24) is 5.32 Å². The highest BCUT2D eigenvalue weighted by Crippen LogP contribution is 2.63. The van der Waals surface area contributed by atoms with Crippen molar-refractivity contribution in [2.24, 2.45) is 5.41 Å². The smallest absolute Gasteiger partial charge is 0.0595 e. The third-order valence-electron chi connectivity index (χ3n) is 5.93. The maximum Gasteiger partial charge on any atom is 0.0595 e. The minimum atomic E-state index is 0.293. The Balaban J connectivity index is 1.58. The van der Waals surface area contributed by atoms with Crippen molar-refractivity contribution in [3.05, 3.63) is 33.8 Å². The summed E-state index contributed by atoms with van der Waals surface area (Å²) in [6.45, 7) is 1.11. The predicted octanol–water partition coefficient (Wildman–Crippen LogP) is 5.34. The molecule has 1 aromatic carbocycles. The van der Waals surface area contributed by atoms with Gasteiger partial charge in [0, 0.05) is 18.0 Å². The van der Waals surface area contributed by atoms with Crippen molar-refractivity contribution in [3.8, 4) is 0 Å². The van der Waals surface area contributed by atoms with Crippen LogP contribution in [-0.2, 0) is 5.41 Å². The summed E-state index contributed by atoms with van der Waals surface area (Å²) in [5, 5.41) is 5.13. The number of hydrogen-bond acceptors (Lipinski definition) is 1. The molecule has 1 spiro atoms. The van der Waals surface area contributed by atoms with E-state index in [9.17, 15) is 0 Å². The van der Waals surface area contributed by atoms with E-state index in [0.717, 1.165) is 12.6 Å². The van der Waals surface area contributed by atoms with Crippen molar-refractivity contribution in [3.63, 3.8) is 0 Å². The van der Waals surface area contributed by atoms with E-state index in [1.807, 2.05) is 6.07 Å². The molecule has 4 rings (SSSR count). The highest BCUT2D eigenvalue weighted by atomic mass is 35.5. The molecule has 114 valence electrons. The molecule has 1 nitrogen and oxygen atoms in total. The lowest BCUT2D eigenvalue weighted by atomic mass is 9.49. The number of rotatable bonds is 4. The molecule has 3 heteroatoms. The molecular weight excluding hydrogens is 301 g/mol. The molecule has 3 aliphatic rings. The average molecular weight is 324 g/mol.